The molecule has 276 valence electrons. The lowest BCUT2D eigenvalue weighted by Gasteiger charge is -2.29. The van der Waals surface area contributed by atoms with E-state index in [9.17, 15) is 31.1 Å². The number of ether oxygens (including phenoxy) is 1. The van der Waals surface area contributed by atoms with E-state index in [1.54, 1.807) is 16.8 Å². The maximum absolute atomic E-state index is 13.6. The molecule has 0 amide bonds. The van der Waals surface area contributed by atoms with Crippen molar-refractivity contribution in [2.24, 2.45) is 0 Å². The van der Waals surface area contributed by atoms with Gasteiger partial charge in [0.1, 0.15) is 12.3 Å². The Bertz CT molecular complexity index is 1880. The van der Waals surface area contributed by atoms with Gasteiger partial charge in [0, 0.05) is 36.1 Å². The lowest BCUT2D eigenvalue weighted by atomic mass is 9.90. The number of benzene rings is 4. The van der Waals surface area contributed by atoms with Crippen LogP contribution in [0.1, 0.15) is 41.0 Å². The largest absolute Gasteiger partial charge is 0.494 e. The Labute approximate surface area is 300 Å². The zero-order valence-electron chi connectivity index (χ0n) is 27.6. The van der Waals surface area contributed by atoms with Crippen molar-refractivity contribution in [2.45, 2.75) is 44.2 Å². The van der Waals surface area contributed by atoms with E-state index in [-0.39, 0.29) is 24.0 Å². The maximum Gasteiger partial charge on any atom is 0.490 e. The Morgan fingerprint density at radius 2 is 1.42 bits per heavy atom. The van der Waals surface area contributed by atoms with Crippen LogP contribution in [-0.4, -0.2) is 57.5 Å². The van der Waals surface area contributed by atoms with Gasteiger partial charge in [-0.25, -0.2) is 4.79 Å². The van der Waals surface area contributed by atoms with Crippen LogP contribution in [-0.2, 0) is 28.9 Å². The molecule has 1 aromatic heterocycles. The number of alkyl halides is 6. The summed E-state index contributed by atoms with van der Waals surface area (Å²) in [6.45, 7) is 1.83. The zero-order chi connectivity index (χ0) is 37.9. The molecule has 0 aliphatic rings. The molecule has 0 aliphatic heterocycles. The SMILES string of the molecule is O=C(O)C(F)(F)F.O=C(O)Cn1ccc2cc(OCCCCN(Cc3cccc(C(F)(F)F)c3Cl)CC(c3ccccc3)c3ccccc3)ccc21. The summed E-state index contributed by atoms with van der Waals surface area (Å²) in [6.07, 6.45) is -6.39. The first-order chi connectivity index (χ1) is 24.6. The Morgan fingerprint density at radius 3 is 1.98 bits per heavy atom. The Morgan fingerprint density at radius 1 is 0.808 bits per heavy atom. The number of carboxylic acid groups (broad SMARTS) is 2. The van der Waals surface area contributed by atoms with Gasteiger partial charge in [0.25, 0.3) is 0 Å². The summed E-state index contributed by atoms with van der Waals surface area (Å²) in [5, 5.41) is 16.9. The highest BCUT2D eigenvalue weighted by Gasteiger charge is 2.38. The number of fused-ring (bicyclic) bond motifs is 1. The number of carbonyl (C=O) groups is 2. The van der Waals surface area contributed by atoms with Crippen molar-refractivity contribution in [1.82, 2.24) is 9.47 Å². The number of nitrogens with zero attached hydrogens (tertiary/aromatic N) is 2. The van der Waals surface area contributed by atoms with Crippen LogP contribution in [0.4, 0.5) is 26.3 Å². The molecule has 14 heteroatoms. The second-order valence-electron chi connectivity index (χ2n) is 11.8. The van der Waals surface area contributed by atoms with Gasteiger partial charge >= 0.3 is 24.3 Å². The smallest absolute Gasteiger partial charge is 0.490 e. The highest BCUT2D eigenvalue weighted by atomic mass is 35.5. The lowest BCUT2D eigenvalue weighted by Crippen LogP contribution is -2.30. The number of aromatic nitrogens is 1. The van der Waals surface area contributed by atoms with Crippen LogP contribution in [0.15, 0.2) is 109 Å². The minimum absolute atomic E-state index is 0.00776. The monoisotopic (exact) mass is 748 g/mol. The molecule has 7 nitrogen and oxygen atoms in total. The molecule has 0 bridgehead atoms. The zero-order valence-corrected chi connectivity index (χ0v) is 28.3. The Balaban J connectivity index is 0.000000785. The second-order valence-corrected chi connectivity index (χ2v) is 12.2. The molecule has 2 N–H and O–H groups in total. The molecule has 5 aromatic rings. The third kappa shape index (κ3) is 11.5. The Kier molecular flexibility index (Phi) is 13.7. The summed E-state index contributed by atoms with van der Waals surface area (Å²) in [7, 11) is 0. The van der Waals surface area contributed by atoms with Gasteiger partial charge in [0.15, 0.2) is 0 Å². The summed E-state index contributed by atoms with van der Waals surface area (Å²) >= 11 is 6.33. The van der Waals surface area contributed by atoms with Crippen molar-refractivity contribution in [2.75, 3.05) is 19.7 Å². The van der Waals surface area contributed by atoms with E-state index in [1.807, 2.05) is 60.7 Å². The number of aliphatic carboxylic acids is 2. The second kappa shape index (κ2) is 18.0. The molecule has 0 radical (unpaired) electrons. The number of carboxylic acids is 2. The van der Waals surface area contributed by atoms with E-state index in [4.69, 9.17) is 31.3 Å². The van der Waals surface area contributed by atoms with Gasteiger partial charge < -0.3 is 19.5 Å². The van der Waals surface area contributed by atoms with Crippen molar-refractivity contribution in [3.63, 3.8) is 0 Å². The van der Waals surface area contributed by atoms with Crippen molar-refractivity contribution in [3.05, 3.63) is 137 Å². The maximum atomic E-state index is 13.6. The summed E-state index contributed by atoms with van der Waals surface area (Å²) in [6, 6.07) is 31.7. The number of halogens is 7. The van der Waals surface area contributed by atoms with Gasteiger partial charge in [-0.3, -0.25) is 9.69 Å². The van der Waals surface area contributed by atoms with Crippen molar-refractivity contribution in [3.8, 4) is 5.75 Å². The topological polar surface area (TPSA) is 92.0 Å². The van der Waals surface area contributed by atoms with Gasteiger partial charge in [-0.15, -0.1) is 0 Å². The fraction of sp³-hybridized carbons (Fsp3) is 0.263. The Hall–Kier alpha value is -5.01. The van der Waals surface area contributed by atoms with E-state index in [0.717, 1.165) is 40.9 Å². The van der Waals surface area contributed by atoms with Crippen LogP contribution >= 0.6 is 11.6 Å². The minimum Gasteiger partial charge on any atom is -0.494 e. The molecule has 52 heavy (non-hydrogen) atoms. The van der Waals surface area contributed by atoms with Crippen LogP contribution in [0.25, 0.3) is 10.9 Å². The van der Waals surface area contributed by atoms with Gasteiger partial charge in [0.2, 0.25) is 0 Å². The molecule has 0 aliphatic carbocycles. The van der Waals surface area contributed by atoms with Crippen LogP contribution in [0.2, 0.25) is 5.02 Å². The number of hydrogen-bond acceptors (Lipinski definition) is 4. The molecule has 4 aromatic carbocycles. The van der Waals surface area contributed by atoms with Crippen LogP contribution in [0.3, 0.4) is 0 Å². The van der Waals surface area contributed by atoms with Crippen molar-refractivity contribution in [1.29, 1.82) is 0 Å². The summed E-state index contributed by atoms with van der Waals surface area (Å²) < 4.78 is 80.4. The predicted octanol–water partition coefficient (Wildman–Crippen LogP) is 9.52. The normalized spacial score (nSPS) is 11.8. The molecule has 0 saturated heterocycles. The van der Waals surface area contributed by atoms with Gasteiger partial charge in [-0.1, -0.05) is 84.4 Å². The number of rotatable bonds is 14. The standard InChI is InChI=1S/C36H34ClF3N2O3.C2HF3O2/c37-35-29(14-9-15-32(35)36(38,39)40)23-41(24-31(26-10-3-1-4-11-26)27-12-5-2-6-13-27)19-7-8-21-45-30-16-17-33-28(22-30)18-20-42(33)25-34(43)44;3-2(4,5)1(6)7/h1-6,9-18,20,22,31H,7-8,19,21,23-25H2,(H,43,44);(H,6,7). The summed E-state index contributed by atoms with van der Waals surface area (Å²) in [5.41, 5.74) is 2.68. The summed E-state index contributed by atoms with van der Waals surface area (Å²) in [5.74, 6) is -2.96. The first-order valence-corrected chi connectivity index (χ1v) is 16.4. The van der Waals surface area contributed by atoms with E-state index < -0.39 is 29.9 Å². The molecule has 0 spiro atoms. The van der Waals surface area contributed by atoms with E-state index in [2.05, 4.69) is 29.2 Å². The highest BCUT2D eigenvalue weighted by Crippen LogP contribution is 2.37. The van der Waals surface area contributed by atoms with Crippen molar-refractivity contribution >= 4 is 34.4 Å². The predicted molar refractivity (Wildman–Crippen MR) is 184 cm³/mol. The quantitative estimate of drug-likeness (QED) is 0.0869. The molecule has 1 heterocycles. The molecule has 5 rings (SSSR count). The fourth-order valence-corrected chi connectivity index (χ4v) is 5.90. The summed E-state index contributed by atoms with van der Waals surface area (Å²) in [4.78, 5) is 22.2. The third-order valence-corrected chi connectivity index (χ3v) is 8.50. The average molecular weight is 749 g/mol. The van der Waals surface area contributed by atoms with Gasteiger partial charge in [-0.2, -0.15) is 26.3 Å². The first-order valence-electron chi connectivity index (χ1n) is 16.0. The van der Waals surface area contributed by atoms with Crippen LogP contribution in [0, 0.1) is 0 Å². The van der Waals surface area contributed by atoms with E-state index in [1.165, 1.54) is 6.07 Å². The van der Waals surface area contributed by atoms with Crippen LogP contribution in [0.5, 0.6) is 5.75 Å². The lowest BCUT2D eigenvalue weighted by molar-refractivity contribution is -0.192. The fourth-order valence-electron chi connectivity index (χ4n) is 5.61. The third-order valence-electron chi connectivity index (χ3n) is 8.05. The molecular weight excluding hydrogens is 714 g/mol. The highest BCUT2D eigenvalue weighted by molar-refractivity contribution is 6.32. The average Bonchev–Trinajstić information content (AvgIpc) is 3.48. The van der Waals surface area contributed by atoms with Crippen molar-refractivity contribution < 1.29 is 50.9 Å². The van der Waals surface area contributed by atoms with Gasteiger partial charge in [-0.05, 0) is 66.4 Å². The van der Waals surface area contributed by atoms with E-state index >= 15 is 0 Å². The van der Waals surface area contributed by atoms with Crippen LogP contribution < -0.4 is 4.74 Å². The van der Waals surface area contributed by atoms with Gasteiger partial charge in [0.05, 0.1) is 17.2 Å². The molecule has 0 unspecified atom stereocenters. The molecule has 0 atom stereocenters. The number of hydrogen-bond donors (Lipinski definition) is 2. The minimum atomic E-state index is -5.08. The molecule has 0 saturated carbocycles. The number of unbranched alkanes of at least 4 members (excludes halogenated alkanes) is 1. The molecular formula is C38H35ClF6N2O5. The van der Waals surface area contributed by atoms with E-state index in [0.29, 0.717) is 31.0 Å². The first kappa shape index (κ1) is 39.8. The molecule has 0 fully saturated rings.